The monoisotopic (exact) mass is 306 g/mol. The first kappa shape index (κ1) is 16.9. The Hall–Kier alpha value is -1.19. The Morgan fingerprint density at radius 3 is 2.45 bits per heavy atom. The van der Waals surface area contributed by atoms with Crippen LogP contribution in [-0.4, -0.2) is 83.1 Å². The molecule has 2 amide bonds. The van der Waals surface area contributed by atoms with Gasteiger partial charge >= 0.3 is 0 Å². The van der Waals surface area contributed by atoms with Crippen molar-refractivity contribution in [1.29, 1.82) is 0 Å². The maximum Gasteiger partial charge on any atom is 0.237 e. The van der Waals surface area contributed by atoms with Gasteiger partial charge in [0.2, 0.25) is 21.8 Å². The van der Waals surface area contributed by atoms with E-state index in [2.05, 4.69) is 10.0 Å². The van der Waals surface area contributed by atoms with Crippen LogP contribution in [0.4, 0.5) is 0 Å². The van der Waals surface area contributed by atoms with E-state index in [4.69, 9.17) is 0 Å². The van der Waals surface area contributed by atoms with Gasteiger partial charge in [0.15, 0.2) is 0 Å². The highest BCUT2D eigenvalue weighted by atomic mass is 32.2. The van der Waals surface area contributed by atoms with Crippen LogP contribution in [0.3, 0.4) is 0 Å². The molecule has 1 aliphatic rings. The normalized spacial score (nSPS) is 21.4. The highest BCUT2D eigenvalue weighted by molar-refractivity contribution is 7.88. The summed E-state index contributed by atoms with van der Waals surface area (Å²) in [6.07, 6.45) is 1.00. The molecular weight excluding hydrogens is 284 g/mol. The molecule has 8 nitrogen and oxygen atoms in total. The summed E-state index contributed by atoms with van der Waals surface area (Å²) in [5.74, 6) is -0.748. The number of carbonyl (C=O) groups excluding carboxylic acids is 2. The fourth-order valence-corrected chi connectivity index (χ4v) is 2.46. The van der Waals surface area contributed by atoms with Gasteiger partial charge in [-0.2, -0.15) is 0 Å². The lowest BCUT2D eigenvalue weighted by Gasteiger charge is -2.23. The topological polar surface area (TPSA) is 98.8 Å². The Morgan fingerprint density at radius 1 is 1.25 bits per heavy atom. The van der Waals surface area contributed by atoms with E-state index in [0.29, 0.717) is 26.2 Å². The van der Waals surface area contributed by atoms with Crippen molar-refractivity contribution in [3.8, 4) is 0 Å². The quantitative estimate of drug-likeness (QED) is 0.607. The van der Waals surface area contributed by atoms with Gasteiger partial charge in [-0.05, 0) is 7.05 Å². The van der Waals surface area contributed by atoms with Gasteiger partial charge < -0.3 is 15.1 Å². The third kappa shape index (κ3) is 5.43. The molecule has 0 saturated carbocycles. The SMILES string of the molecule is CNC(=O)[C@H]1CN(C)CCN(C(=O)CNS(C)(=O)=O)C1. The number of hydrogen-bond acceptors (Lipinski definition) is 5. The molecule has 0 aromatic rings. The highest BCUT2D eigenvalue weighted by Crippen LogP contribution is 2.09. The molecule has 0 aromatic heterocycles. The zero-order chi connectivity index (χ0) is 15.3. The molecule has 20 heavy (non-hydrogen) atoms. The minimum Gasteiger partial charge on any atom is -0.359 e. The summed E-state index contributed by atoms with van der Waals surface area (Å²) in [5.41, 5.74) is 0. The lowest BCUT2D eigenvalue weighted by molar-refractivity contribution is -0.131. The first-order valence-corrected chi connectivity index (χ1v) is 8.24. The molecule has 1 atom stereocenters. The van der Waals surface area contributed by atoms with Crippen molar-refractivity contribution in [2.24, 2.45) is 5.92 Å². The molecule has 1 heterocycles. The first-order chi connectivity index (χ1) is 9.23. The predicted octanol–water partition coefficient (Wildman–Crippen LogP) is -2.33. The van der Waals surface area contributed by atoms with E-state index < -0.39 is 10.0 Å². The van der Waals surface area contributed by atoms with Gasteiger partial charge in [-0.3, -0.25) is 9.59 Å². The van der Waals surface area contributed by atoms with E-state index in [1.807, 2.05) is 11.9 Å². The van der Waals surface area contributed by atoms with Crippen LogP contribution in [-0.2, 0) is 19.6 Å². The van der Waals surface area contributed by atoms with Gasteiger partial charge in [0.05, 0.1) is 18.7 Å². The van der Waals surface area contributed by atoms with Crippen molar-refractivity contribution in [2.75, 3.05) is 53.1 Å². The highest BCUT2D eigenvalue weighted by Gasteiger charge is 2.28. The van der Waals surface area contributed by atoms with Crippen molar-refractivity contribution in [1.82, 2.24) is 19.8 Å². The number of carbonyl (C=O) groups is 2. The number of amides is 2. The number of nitrogens with one attached hydrogen (secondary N) is 2. The number of nitrogens with zero attached hydrogens (tertiary/aromatic N) is 2. The van der Waals surface area contributed by atoms with Crippen LogP contribution in [0.2, 0.25) is 0 Å². The second-order valence-electron chi connectivity index (χ2n) is 5.01. The van der Waals surface area contributed by atoms with Crippen molar-refractivity contribution < 1.29 is 18.0 Å². The fraction of sp³-hybridized carbons (Fsp3) is 0.818. The van der Waals surface area contributed by atoms with Crippen LogP contribution in [0, 0.1) is 5.92 Å². The molecule has 0 radical (unpaired) electrons. The molecule has 1 fully saturated rings. The Bertz CT molecular complexity index is 465. The van der Waals surface area contributed by atoms with Gasteiger partial charge in [0.1, 0.15) is 0 Å². The summed E-state index contributed by atoms with van der Waals surface area (Å²) < 4.78 is 24.2. The average molecular weight is 306 g/mol. The fourth-order valence-electron chi connectivity index (χ4n) is 2.08. The summed E-state index contributed by atoms with van der Waals surface area (Å²) in [4.78, 5) is 27.3. The van der Waals surface area contributed by atoms with Crippen LogP contribution < -0.4 is 10.0 Å². The smallest absolute Gasteiger partial charge is 0.237 e. The van der Waals surface area contributed by atoms with Crippen LogP contribution in [0.15, 0.2) is 0 Å². The lowest BCUT2D eigenvalue weighted by atomic mass is 10.1. The molecule has 1 rings (SSSR count). The van der Waals surface area contributed by atoms with E-state index >= 15 is 0 Å². The molecule has 0 aliphatic carbocycles. The molecule has 0 spiro atoms. The second-order valence-corrected chi connectivity index (χ2v) is 6.84. The maximum absolute atomic E-state index is 12.0. The predicted molar refractivity (Wildman–Crippen MR) is 74.5 cm³/mol. The summed E-state index contributed by atoms with van der Waals surface area (Å²) >= 11 is 0. The van der Waals surface area contributed by atoms with Crippen LogP contribution in [0.1, 0.15) is 0 Å². The van der Waals surface area contributed by atoms with E-state index in [1.165, 1.54) is 4.90 Å². The molecule has 1 saturated heterocycles. The zero-order valence-electron chi connectivity index (χ0n) is 12.0. The second kappa shape index (κ2) is 7.00. The molecule has 2 N–H and O–H groups in total. The summed E-state index contributed by atoms with van der Waals surface area (Å²) in [6, 6.07) is 0. The van der Waals surface area contributed by atoms with E-state index in [1.54, 1.807) is 7.05 Å². The van der Waals surface area contributed by atoms with E-state index in [0.717, 1.165) is 6.26 Å². The molecule has 0 unspecified atom stereocenters. The zero-order valence-corrected chi connectivity index (χ0v) is 12.9. The largest absolute Gasteiger partial charge is 0.359 e. The molecular formula is C11H22N4O4S. The lowest BCUT2D eigenvalue weighted by Crippen LogP contribution is -2.45. The van der Waals surface area contributed by atoms with Gasteiger partial charge in [-0.15, -0.1) is 0 Å². The van der Waals surface area contributed by atoms with E-state index in [-0.39, 0.29) is 24.3 Å². The summed E-state index contributed by atoms with van der Waals surface area (Å²) in [5, 5.41) is 2.58. The number of likely N-dealkylation sites (N-methyl/N-ethyl adjacent to an activating group) is 1. The number of hydrogen-bond donors (Lipinski definition) is 2. The Morgan fingerprint density at radius 2 is 1.90 bits per heavy atom. The minimum atomic E-state index is -3.40. The van der Waals surface area contributed by atoms with Gasteiger partial charge in [-0.1, -0.05) is 0 Å². The Balaban J connectivity index is 2.68. The maximum atomic E-state index is 12.0. The third-order valence-electron chi connectivity index (χ3n) is 3.18. The average Bonchev–Trinajstić information content (AvgIpc) is 2.56. The minimum absolute atomic E-state index is 0.118. The van der Waals surface area contributed by atoms with E-state index in [9.17, 15) is 18.0 Å². The molecule has 116 valence electrons. The van der Waals surface area contributed by atoms with Crippen molar-refractivity contribution in [2.45, 2.75) is 0 Å². The van der Waals surface area contributed by atoms with Crippen LogP contribution in [0.25, 0.3) is 0 Å². The van der Waals surface area contributed by atoms with Crippen molar-refractivity contribution in [3.63, 3.8) is 0 Å². The third-order valence-corrected chi connectivity index (χ3v) is 3.85. The Kier molecular flexibility index (Phi) is 5.90. The van der Waals surface area contributed by atoms with Gasteiger partial charge in [0, 0.05) is 33.2 Å². The molecule has 1 aliphatic heterocycles. The number of rotatable bonds is 4. The van der Waals surface area contributed by atoms with Gasteiger partial charge in [0.25, 0.3) is 0 Å². The van der Waals surface area contributed by atoms with Crippen LogP contribution in [0.5, 0.6) is 0 Å². The summed E-state index contributed by atoms with van der Waals surface area (Å²) in [6.45, 7) is 1.73. The molecule has 0 bridgehead atoms. The first-order valence-electron chi connectivity index (χ1n) is 6.35. The summed E-state index contributed by atoms with van der Waals surface area (Å²) in [7, 11) is 0.0482. The Labute approximate surface area is 119 Å². The van der Waals surface area contributed by atoms with Crippen molar-refractivity contribution in [3.05, 3.63) is 0 Å². The van der Waals surface area contributed by atoms with Crippen molar-refractivity contribution >= 4 is 21.8 Å². The van der Waals surface area contributed by atoms with Crippen LogP contribution >= 0.6 is 0 Å². The standard InChI is InChI=1S/C11H22N4O4S/c1-12-11(17)9-7-14(2)4-5-15(8-9)10(16)6-13-20(3,18)19/h9,13H,4-8H2,1-3H3,(H,12,17)/t9-/m0/s1. The molecule has 9 heteroatoms. The molecule has 0 aromatic carbocycles. The van der Waals surface area contributed by atoms with Gasteiger partial charge in [-0.25, -0.2) is 13.1 Å². The number of sulfonamides is 1.